The van der Waals surface area contributed by atoms with Crippen molar-refractivity contribution in [2.24, 2.45) is 0 Å². The summed E-state index contributed by atoms with van der Waals surface area (Å²) in [5, 5.41) is 9.18. The van der Waals surface area contributed by atoms with E-state index in [-0.39, 0.29) is 5.78 Å². The van der Waals surface area contributed by atoms with Crippen LogP contribution in [-0.2, 0) is 4.79 Å². The predicted molar refractivity (Wildman–Crippen MR) is 45.4 cm³/mol. The summed E-state index contributed by atoms with van der Waals surface area (Å²) >= 11 is 0. The molecule has 0 rings (SSSR count). The summed E-state index contributed by atoms with van der Waals surface area (Å²) in [5.41, 5.74) is 0. The average molecular weight is 156 g/mol. The SMILES string of the molecule is C/C=C/C(=O)[C@H](O)CCCC. The van der Waals surface area contributed by atoms with E-state index in [1.165, 1.54) is 6.08 Å². The Morgan fingerprint density at radius 1 is 1.64 bits per heavy atom. The first-order valence-corrected chi connectivity index (χ1v) is 4.07. The molecule has 64 valence electrons. The van der Waals surface area contributed by atoms with Gasteiger partial charge in [0.25, 0.3) is 0 Å². The molecular weight excluding hydrogens is 140 g/mol. The molecule has 0 spiro atoms. The van der Waals surface area contributed by atoms with Crippen LogP contribution in [0.4, 0.5) is 0 Å². The molecule has 0 fully saturated rings. The van der Waals surface area contributed by atoms with Crippen molar-refractivity contribution in [2.45, 2.75) is 39.2 Å². The molecule has 1 N–H and O–H groups in total. The molecule has 0 aliphatic carbocycles. The number of rotatable bonds is 5. The number of allylic oxidation sites excluding steroid dienone is 1. The molecule has 0 unspecified atom stereocenters. The zero-order valence-electron chi connectivity index (χ0n) is 7.21. The fraction of sp³-hybridized carbons (Fsp3) is 0.667. The fourth-order valence-electron chi connectivity index (χ4n) is 0.815. The molecule has 0 saturated carbocycles. The predicted octanol–water partition coefficient (Wildman–Crippen LogP) is 1.68. The lowest BCUT2D eigenvalue weighted by Gasteiger charge is -2.04. The minimum atomic E-state index is -0.786. The molecule has 0 radical (unpaired) electrons. The van der Waals surface area contributed by atoms with E-state index in [1.807, 2.05) is 6.92 Å². The standard InChI is InChI=1S/C9H16O2/c1-3-5-7-9(11)8(10)6-4-2/h4,6,9,11H,3,5,7H2,1-2H3/b6-4+/t9-/m1/s1. The molecule has 0 aromatic heterocycles. The molecule has 11 heavy (non-hydrogen) atoms. The highest BCUT2D eigenvalue weighted by molar-refractivity contribution is 5.93. The van der Waals surface area contributed by atoms with Gasteiger partial charge in [0, 0.05) is 0 Å². The van der Waals surface area contributed by atoms with E-state index in [4.69, 9.17) is 0 Å². The second kappa shape index (κ2) is 6.10. The monoisotopic (exact) mass is 156 g/mol. The third-order valence-electron chi connectivity index (χ3n) is 1.49. The van der Waals surface area contributed by atoms with Gasteiger partial charge >= 0.3 is 0 Å². The van der Waals surface area contributed by atoms with Crippen molar-refractivity contribution in [3.8, 4) is 0 Å². The molecule has 0 saturated heterocycles. The Hall–Kier alpha value is -0.630. The average Bonchev–Trinajstić information content (AvgIpc) is 2.00. The number of carbonyl (C=O) groups excluding carboxylic acids is 1. The van der Waals surface area contributed by atoms with Gasteiger partial charge < -0.3 is 5.11 Å². The van der Waals surface area contributed by atoms with E-state index >= 15 is 0 Å². The van der Waals surface area contributed by atoms with Crippen molar-refractivity contribution in [1.29, 1.82) is 0 Å². The Morgan fingerprint density at radius 2 is 2.27 bits per heavy atom. The molecule has 0 heterocycles. The van der Waals surface area contributed by atoms with Gasteiger partial charge in [0.05, 0.1) is 0 Å². The lowest BCUT2D eigenvalue weighted by atomic mass is 10.1. The summed E-state index contributed by atoms with van der Waals surface area (Å²) in [5.74, 6) is -0.180. The molecule has 1 atom stereocenters. The van der Waals surface area contributed by atoms with Gasteiger partial charge in [-0.3, -0.25) is 4.79 Å². The van der Waals surface area contributed by atoms with Crippen LogP contribution in [0.2, 0.25) is 0 Å². The van der Waals surface area contributed by atoms with Crippen LogP contribution in [0.1, 0.15) is 33.1 Å². The van der Waals surface area contributed by atoms with E-state index in [0.717, 1.165) is 12.8 Å². The second-order valence-electron chi connectivity index (χ2n) is 2.56. The van der Waals surface area contributed by atoms with Gasteiger partial charge in [0.2, 0.25) is 0 Å². The van der Waals surface area contributed by atoms with Crippen molar-refractivity contribution in [2.75, 3.05) is 0 Å². The third-order valence-corrected chi connectivity index (χ3v) is 1.49. The molecular formula is C9H16O2. The molecule has 0 aliphatic heterocycles. The van der Waals surface area contributed by atoms with Crippen molar-refractivity contribution in [3.63, 3.8) is 0 Å². The molecule has 0 aliphatic rings. The van der Waals surface area contributed by atoms with Gasteiger partial charge in [0.15, 0.2) is 5.78 Å². The van der Waals surface area contributed by atoms with Gasteiger partial charge in [0.1, 0.15) is 6.10 Å². The maximum atomic E-state index is 10.9. The third kappa shape index (κ3) is 4.73. The van der Waals surface area contributed by atoms with Gasteiger partial charge in [-0.05, 0) is 19.4 Å². The zero-order chi connectivity index (χ0) is 8.69. The summed E-state index contributed by atoms with van der Waals surface area (Å²) in [6, 6.07) is 0. The van der Waals surface area contributed by atoms with Gasteiger partial charge in [-0.15, -0.1) is 0 Å². The highest BCUT2D eigenvalue weighted by Crippen LogP contribution is 2.01. The van der Waals surface area contributed by atoms with E-state index in [1.54, 1.807) is 13.0 Å². The highest BCUT2D eigenvalue weighted by atomic mass is 16.3. The maximum absolute atomic E-state index is 10.9. The molecule has 2 nitrogen and oxygen atoms in total. The number of carbonyl (C=O) groups is 1. The zero-order valence-corrected chi connectivity index (χ0v) is 7.21. The van der Waals surface area contributed by atoms with Crippen molar-refractivity contribution >= 4 is 5.78 Å². The lowest BCUT2D eigenvalue weighted by molar-refractivity contribution is -0.122. The summed E-state index contributed by atoms with van der Waals surface area (Å²) in [7, 11) is 0. The van der Waals surface area contributed by atoms with Crippen molar-refractivity contribution in [1.82, 2.24) is 0 Å². The quantitative estimate of drug-likeness (QED) is 0.615. The number of ketones is 1. The Kier molecular flexibility index (Phi) is 5.75. The van der Waals surface area contributed by atoms with E-state index in [9.17, 15) is 9.90 Å². The minimum absolute atomic E-state index is 0.180. The van der Waals surface area contributed by atoms with Crippen LogP contribution in [0.25, 0.3) is 0 Å². The minimum Gasteiger partial charge on any atom is -0.385 e. The molecule has 0 aromatic rings. The van der Waals surface area contributed by atoms with E-state index in [2.05, 4.69) is 0 Å². The Morgan fingerprint density at radius 3 is 2.73 bits per heavy atom. The van der Waals surface area contributed by atoms with Gasteiger partial charge in [-0.2, -0.15) is 0 Å². The first-order chi connectivity index (χ1) is 5.22. The number of unbranched alkanes of at least 4 members (excludes halogenated alkanes) is 1. The molecule has 0 amide bonds. The number of aliphatic hydroxyl groups excluding tert-OH is 1. The van der Waals surface area contributed by atoms with Crippen LogP contribution >= 0.6 is 0 Å². The molecule has 0 aromatic carbocycles. The Bertz CT molecular complexity index is 138. The first-order valence-electron chi connectivity index (χ1n) is 4.07. The van der Waals surface area contributed by atoms with Crippen molar-refractivity contribution in [3.05, 3.63) is 12.2 Å². The molecule has 2 heteroatoms. The largest absolute Gasteiger partial charge is 0.385 e. The van der Waals surface area contributed by atoms with Gasteiger partial charge in [-0.1, -0.05) is 25.8 Å². The number of aliphatic hydroxyl groups is 1. The van der Waals surface area contributed by atoms with E-state index in [0.29, 0.717) is 6.42 Å². The van der Waals surface area contributed by atoms with Crippen LogP contribution in [0.3, 0.4) is 0 Å². The van der Waals surface area contributed by atoms with Crippen molar-refractivity contribution < 1.29 is 9.90 Å². The van der Waals surface area contributed by atoms with Crippen LogP contribution in [-0.4, -0.2) is 17.0 Å². The van der Waals surface area contributed by atoms with Crippen LogP contribution in [0, 0.1) is 0 Å². The van der Waals surface area contributed by atoms with Gasteiger partial charge in [-0.25, -0.2) is 0 Å². The lowest BCUT2D eigenvalue weighted by Crippen LogP contribution is -2.17. The first kappa shape index (κ1) is 10.4. The smallest absolute Gasteiger partial charge is 0.183 e. The summed E-state index contributed by atoms with van der Waals surface area (Å²) in [4.78, 5) is 10.9. The topological polar surface area (TPSA) is 37.3 Å². The summed E-state index contributed by atoms with van der Waals surface area (Å²) in [6.07, 6.45) is 4.79. The maximum Gasteiger partial charge on any atom is 0.183 e. The number of hydrogen-bond acceptors (Lipinski definition) is 2. The normalized spacial score (nSPS) is 13.7. The number of hydrogen-bond donors (Lipinski definition) is 1. The summed E-state index contributed by atoms with van der Waals surface area (Å²) < 4.78 is 0. The molecule has 0 bridgehead atoms. The van der Waals surface area contributed by atoms with Crippen LogP contribution in [0.15, 0.2) is 12.2 Å². The second-order valence-corrected chi connectivity index (χ2v) is 2.56. The summed E-state index contributed by atoms with van der Waals surface area (Å²) in [6.45, 7) is 3.80. The van der Waals surface area contributed by atoms with E-state index < -0.39 is 6.10 Å². The Labute approximate surface area is 67.9 Å². The van der Waals surface area contributed by atoms with Crippen LogP contribution in [0.5, 0.6) is 0 Å². The fourth-order valence-corrected chi connectivity index (χ4v) is 0.815. The Balaban J connectivity index is 3.64. The van der Waals surface area contributed by atoms with Crippen LogP contribution < -0.4 is 0 Å². The highest BCUT2D eigenvalue weighted by Gasteiger charge is 2.09.